The van der Waals surface area contributed by atoms with E-state index in [-0.39, 0.29) is 11.5 Å². The Balaban J connectivity index is 2.17. The van der Waals surface area contributed by atoms with Crippen LogP contribution in [0.25, 0.3) is 16.7 Å². The molecule has 0 amide bonds. The molecule has 2 aromatic carbocycles. The average Bonchev–Trinajstić information content (AvgIpc) is 2.85. The normalized spacial score (nSPS) is 14.7. The van der Waals surface area contributed by atoms with Crippen molar-refractivity contribution in [1.29, 1.82) is 0 Å². The molecule has 0 heterocycles. The maximum Gasteiger partial charge on any atom is 0.167 e. The van der Waals surface area contributed by atoms with Gasteiger partial charge >= 0.3 is 0 Å². The molecule has 1 aliphatic carbocycles. The lowest BCUT2D eigenvalue weighted by molar-refractivity contribution is -0.113. The third kappa shape index (κ3) is 2.89. The van der Waals surface area contributed by atoms with E-state index in [0.29, 0.717) is 40.1 Å². The summed E-state index contributed by atoms with van der Waals surface area (Å²) in [6.45, 7) is 1.98. The molecule has 0 radical (unpaired) electrons. The van der Waals surface area contributed by atoms with Crippen LogP contribution >= 0.6 is 11.6 Å². The highest BCUT2D eigenvalue weighted by Gasteiger charge is 2.26. The molecule has 23 heavy (non-hydrogen) atoms. The van der Waals surface area contributed by atoms with E-state index >= 15 is 0 Å². The number of benzene rings is 2. The lowest BCUT2D eigenvalue weighted by atomic mass is 9.92. The number of Topliss-reactive ketones (excluding diaryl/α,β-unsaturated/α-hetero) is 1. The molecule has 4 heteroatoms. The van der Waals surface area contributed by atoms with Gasteiger partial charge < -0.3 is 5.11 Å². The molecule has 0 aliphatic heterocycles. The van der Waals surface area contributed by atoms with Crippen LogP contribution in [0.15, 0.2) is 42.2 Å². The molecule has 0 unspecified atom stereocenters. The Morgan fingerprint density at radius 1 is 1.13 bits per heavy atom. The SMILES string of the molecule is CCc1ccc(-c2ccc(Cl)cc2F)cc1C1=C(O)CCC1=O. The average molecular weight is 331 g/mol. The summed E-state index contributed by atoms with van der Waals surface area (Å²) in [5.74, 6) is -0.354. The number of carbonyl (C=O) groups excluding carboxylic acids is 1. The predicted octanol–water partition coefficient (Wildman–Crippen LogP) is 5.34. The second kappa shape index (κ2) is 6.17. The summed E-state index contributed by atoms with van der Waals surface area (Å²) in [6.07, 6.45) is 1.42. The van der Waals surface area contributed by atoms with E-state index in [2.05, 4.69) is 0 Å². The van der Waals surface area contributed by atoms with E-state index in [1.54, 1.807) is 18.2 Å². The van der Waals surface area contributed by atoms with E-state index in [9.17, 15) is 14.3 Å². The summed E-state index contributed by atoms with van der Waals surface area (Å²) in [5.41, 5.74) is 3.10. The number of aliphatic hydroxyl groups excluding tert-OH is 1. The number of rotatable bonds is 3. The molecular weight excluding hydrogens is 315 g/mol. The molecule has 1 N–H and O–H groups in total. The second-order valence-electron chi connectivity index (χ2n) is 5.59. The van der Waals surface area contributed by atoms with Crippen LogP contribution in [0.1, 0.15) is 30.9 Å². The number of aryl methyl sites for hydroxylation is 1. The summed E-state index contributed by atoms with van der Waals surface area (Å²) < 4.78 is 14.2. The number of hydrogen-bond donors (Lipinski definition) is 1. The van der Waals surface area contributed by atoms with Crippen LogP contribution in [-0.4, -0.2) is 10.9 Å². The Kier molecular flexibility index (Phi) is 4.22. The van der Waals surface area contributed by atoms with Crippen molar-refractivity contribution < 1.29 is 14.3 Å². The summed E-state index contributed by atoms with van der Waals surface area (Å²) >= 11 is 5.80. The van der Waals surface area contributed by atoms with Crippen molar-refractivity contribution in [3.05, 3.63) is 64.1 Å². The van der Waals surface area contributed by atoms with Gasteiger partial charge in [0.2, 0.25) is 0 Å². The Labute approximate surface area is 139 Å². The zero-order chi connectivity index (χ0) is 16.6. The first kappa shape index (κ1) is 15.8. The lowest BCUT2D eigenvalue weighted by Gasteiger charge is -2.12. The highest BCUT2D eigenvalue weighted by atomic mass is 35.5. The summed E-state index contributed by atoms with van der Waals surface area (Å²) in [7, 11) is 0. The topological polar surface area (TPSA) is 37.3 Å². The predicted molar refractivity (Wildman–Crippen MR) is 90.0 cm³/mol. The molecule has 1 aliphatic rings. The van der Waals surface area contributed by atoms with Gasteiger partial charge in [0.25, 0.3) is 0 Å². The molecule has 0 fully saturated rings. The molecule has 0 saturated heterocycles. The molecule has 0 saturated carbocycles. The maximum atomic E-state index is 14.2. The van der Waals surface area contributed by atoms with Crippen LogP contribution in [0.4, 0.5) is 4.39 Å². The quantitative estimate of drug-likeness (QED) is 0.824. The molecule has 0 atom stereocenters. The molecule has 3 rings (SSSR count). The van der Waals surface area contributed by atoms with Gasteiger partial charge in [0.15, 0.2) is 5.78 Å². The smallest absolute Gasteiger partial charge is 0.167 e. The molecular formula is C19H16ClFO2. The minimum absolute atomic E-state index is 0.0640. The fourth-order valence-corrected chi connectivity index (χ4v) is 3.12. The third-order valence-corrected chi connectivity index (χ3v) is 4.39. The van der Waals surface area contributed by atoms with Crippen molar-refractivity contribution in [1.82, 2.24) is 0 Å². The summed E-state index contributed by atoms with van der Waals surface area (Å²) in [5, 5.41) is 10.4. The Morgan fingerprint density at radius 3 is 2.52 bits per heavy atom. The van der Waals surface area contributed by atoms with Crippen LogP contribution in [0, 0.1) is 5.82 Å². The molecule has 0 aromatic heterocycles. The molecule has 2 nitrogen and oxygen atoms in total. The monoisotopic (exact) mass is 330 g/mol. The van der Waals surface area contributed by atoms with E-state index in [1.807, 2.05) is 19.1 Å². The van der Waals surface area contributed by atoms with Crippen molar-refractivity contribution in [2.45, 2.75) is 26.2 Å². The Bertz CT molecular complexity index is 824. The van der Waals surface area contributed by atoms with Crippen molar-refractivity contribution in [2.24, 2.45) is 0 Å². The molecule has 2 aromatic rings. The highest BCUT2D eigenvalue weighted by molar-refractivity contribution is 6.30. The van der Waals surface area contributed by atoms with Gasteiger partial charge in [-0.05, 0) is 47.4 Å². The molecule has 0 spiro atoms. The van der Waals surface area contributed by atoms with Gasteiger partial charge in [-0.25, -0.2) is 4.39 Å². The summed E-state index contributed by atoms with van der Waals surface area (Å²) in [6, 6.07) is 10.00. The van der Waals surface area contributed by atoms with Gasteiger partial charge in [0.05, 0.1) is 5.57 Å². The van der Waals surface area contributed by atoms with Gasteiger partial charge in [-0.2, -0.15) is 0 Å². The minimum atomic E-state index is -0.413. The van der Waals surface area contributed by atoms with Crippen LogP contribution in [0.3, 0.4) is 0 Å². The number of ketones is 1. The Morgan fingerprint density at radius 2 is 1.91 bits per heavy atom. The van der Waals surface area contributed by atoms with Crippen LogP contribution in [-0.2, 0) is 11.2 Å². The number of hydrogen-bond acceptors (Lipinski definition) is 2. The van der Waals surface area contributed by atoms with E-state index < -0.39 is 5.82 Å². The van der Waals surface area contributed by atoms with Crippen molar-refractivity contribution in [3.63, 3.8) is 0 Å². The van der Waals surface area contributed by atoms with Gasteiger partial charge in [0.1, 0.15) is 11.6 Å². The van der Waals surface area contributed by atoms with E-state index in [1.165, 1.54) is 6.07 Å². The van der Waals surface area contributed by atoms with Crippen molar-refractivity contribution in [3.8, 4) is 11.1 Å². The van der Waals surface area contributed by atoms with Gasteiger partial charge in [-0.1, -0.05) is 30.7 Å². The fourth-order valence-electron chi connectivity index (χ4n) is 2.96. The van der Waals surface area contributed by atoms with Gasteiger partial charge in [-0.3, -0.25) is 4.79 Å². The highest BCUT2D eigenvalue weighted by Crippen LogP contribution is 2.35. The molecule has 0 bridgehead atoms. The third-order valence-electron chi connectivity index (χ3n) is 4.16. The number of allylic oxidation sites excluding steroid dienone is 2. The van der Waals surface area contributed by atoms with E-state index in [0.717, 1.165) is 12.0 Å². The zero-order valence-electron chi connectivity index (χ0n) is 12.7. The van der Waals surface area contributed by atoms with Crippen LogP contribution < -0.4 is 0 Å². The van der Waals surface area contributed by atoms with Crippen LogP contribution in [0.5, 0.6) is 0 Å². The maximum absolute atomic E-state index is 14.2. The number of halogens is 2. The Hall–Kier alpha value is -2.13. The van der Waals surface area contributed by atoms with Crippen molar-refractivity contribution >= 4 is 23.0 Å². The lowest BCUT2D eigenvalue weighted by Crippen LogP contribution is -2.01. The second-order valence-corrected chi connectivity index (χ2v) is 6.03. The fraction of sp³-hybridized carbons (Fsp3) is 0.211. The molecule has 118 valence electrons. The largest absolute Gasteiger partial charge is 0.512 e. The standard InChI is InChI=1S/C19H16ClFO2/c1-2-11-3-4-12(14-6-5-13(20)10-16(14)21)9-15(11)19-17(22)7-8-18(19)23/h3-6,9-10,22H,2,7-8H2,1H3. The summed E-state index contributed by atoms with van der Waals surface area (Å²) in [4.78, 5) is 12.1. The van der Waals surface area contributed by atoms with Gasteiger partial charge in [-0.15, -0.1) is 0 Å². The first-order chi connectivity index (χ1) is 11.0. The van der Waals surface area contributed by atoms with Crippen molar-refractivity contribution in [2.75, 3.05) is 0 Å². The first-order valence-electron chi connectivity index (χ1n) is 7.55. The van der Waals surface area contributed by atoms with Gasteiger partial charge in [0, 0.05) is 23.4 Å². The first-order valence-corrected chi connectivity index (χ1v) is 7.93. The van der Waals surface area contributed by atoms with E-state index in [4.69, 9.17) is 11.6 Å². The minimum Gasteiger partial charge on any atom is -0.512 e. The number of carbonyl (C=O) groups is 1. The number of aliphatic hydroxyl groups is 1. The van der Waals surface area contributed by atoms with Crippen LogP contribution in [0.2, 0.25) is 5.02 Å². The zero-order valence-corrected chi connectivity index (χ0v) is 13.5.